The van der Waals surface area contributed by atoms with Crippen LogP contribution in [0.5, 0.6) is 0 Å². The largest absolute Gasteiger partial charge is 0.391 e. The van der Waals surface area contributed by atoms with Gasteiger partial charge in [-0.3, -0.25) is 19.6 Å². The molecule has 0 saturated heterocycles. The third-order valence-electron chi connectivity index (χ3n) is 7.64. The zero-order valence-corrected chi connectivity index (χ0v) is 25.0. The number of amides is 2. The van der Waals surface area contributed by atoms with E-state index in [0.717, 1.165) is 31.0 Å². The molecule has 0 spiro atoms. The van der Waals surface area contributed by atoms with E-state index in [1.807, 2.05) is 20.8 Å². The molecule has 4 N–H and O–H groups in total. The predicted molar refractivity (Wildman–Crippen MR) is 158 cm³/mol. The van der Waals surface area contributed by atoms with E-state index in [-0.39, 0.29) is 30.9 Å². The number of benzene rings is 1. The van der Waals surface area contributed by atoms with Crippen LogP contribution in [-0.4, -0.2) is 57.5 Å². The average molecular weight is 584 g/mol. The SMILES string of the molecule is CCCN(CCC)C(=O)C1=CC(C)=CC(C(N)=O)([C@H](Cc2cc(F)cc(F)c2)[C@@H](O)CNCc2cncc(CC)n2)C1. The van der Waals surface area contributed by atoms with Gasteiger partial charge < -0.3 is 21.1 Å². The van der Waals surface area contributed by atoms with Gasteiger partial charge in [-0.25, -0.2) is 8.78 Å². The van der Waals surface area contributed by atoms with E-state index in [0.29, 0.717) is 36.5 Å². The van der Waals surface area contributed by atoms with Crippen LogP contribution in [0.2, 0.25) is 0 Å². The third kappa shape index (κ3) is 8.29. The lowest BCUT2D eigenvalue weighted by molar-refractivity contribution is -0.132. The van der Waals surface area contributed by atoms with E-state index in [9.17, 15) is 23.5 Å². The maximum absolute atomic E-state index is 14.2. The first-order valence-electron chi connectivity index (χ1n) is 14.7. The molecule has 0 saturated carbocycles. The predicted octanol–water partition coefficient (Wildman–Crippen LogP) is 4.02. The number of nitrogens with two attached hydrogens (primary N) is 1. The van der Waals surface area contributed by atoms with Crippen LogP contribution in [0.25, 0.3) is 0 Å². The van der Waals surface area contributed by atoms with Crippen molar-refractivity contribution >= 4 is 11.8 Å². The fourth-order valence-corrected chi connectivity index (χ4v) is 5.76. The van der Waals surface area contributed by atoms with Crippen LogP contribution < -0.4 is 11.1 Å². The number of hydrogen-bond acceptors (Lipinski definition) is 6. The summed E-state index contributed by atoms with van der Waals surface area (Å²) in [4.78, 5) is 37.5. The molecule has 0 aliphatic heterocycles. The van der Waals surface area contributed by atoms with Crippen molar-refractivity contribution < 1.29 is 23.5 Å². The van der Waals surface area contributed by atoms with Crippen LogP contribution >= 0.6 is 0 Å². The van der Waals surface area contributed by atoms with Crippen molar-refractivity contribution in [3.05, 3.63) is 82.5 Å². The smallest absolute Gasteiger partial charge is 0.249 e. The summed E-state index contributed by atoms with van der Waals surface area (Å²) in [5.41, 5.74) is 7.46. The maximum Gasteiger partial charge on any atom is 0.249 e. The highest BCUT2D eigenvalue weighted by Crippen LogP contribution is 2.44. The van der Waals surface area contributed by atoms with E-state index in [4.69, 9.17) is 5.73 Å². The van der Waals surface area contributed by atoms with Crippen LogP contribution in [-0.2, 0) is 29.0 Å². The van der Waals surface area contributed by atoms with E-state index >= 15 is 0 Å². The van der Waals surface area contributed by atoms with Crippen LogP contribution in [0.1, 0.15) is 63.9 Å². The van der Waals surface area contributed by atoms with Crippen molar-refractivity contribution in [2.75, 3.05) is 19.6 Å². The standard InChI is InChI=1S/C32H43F2N5O3/c1-5-8-39(9-6-2)30(41)23-10-21(4)15-32(16-23,31(35)42)28(13-22-11-24(33)14-25(34)12-22)29(40)20-37-19-27-18-36-17-26(7-3)38-27/h10-12,14-15,17-18,28-29,37,40H,5-9,13,16,19-20H2,1-4H3,(H2,35,42)/t28-,29+,32?/m1/s1. The van der Waals surface area contributed by atoms with Crippen LogP contribution in [0.15, 0.2) is 53.9 Å². The van der Waals surface area contributed by atoms with Crippen molar-refractivity contribution in [1.82, 2.24) is 20.2 Å². The van der Waals surface area contributed by atoms with Gasteiger partial charge in [0, 0.05) is 56.1 Å². The number of halogens is 2. The molecular weight excluding hydrogens is 540 g/mol. The topological polar surface area (TPSA) is 121 Å². The molecular formula is C32H43F2N5O3. The first kappa shape index (κ1) is 33.0. The molecule has 2 amide bonds. The Hall–Kier alpha value is -3.50. The van der Waals surface area contributed by atoms with Crippen LogP contribution in [0, 0.1) is 23.0 Å². The number of aromatic nitrogens is 2. The maximum atomic E-state index is 14.2. The Bertz CT molecular complexity index is 1290. The number of hydrogen-bond donors (Lipinski definition) is 3. The molecule has 8 nitrogen and oxygen atoms in total. The zero-order chi connectivity index (χ0) is 30.9. The van der Waals surface area contributed by atoms with Crippen molar-refractivity contribution in [3.8, 4) is 0 Å². The Labute approximate surface area is 247 Å². The lowest BCUT2D eigenvalue weighted by Crippen LogP contribution is -2.51. The lowest BCUT2D eigenvalue weighted by atomic mass is 9.63. The van der Waals surface area contributed by atoms with Gasteiger partial charge in [-0.1, -0.05) is 38.5 Å². The summed E-state index contributed by atoms with van der Waals surface area (Å²) < 4.78 is 28.4. The Morgan fingerprint density at radius 2 is 1.74 bits per heavy atom. The minimum Gasteiger partial charge on any atom is -0.391 e. The third-order valence-corrected chi connectivity index (χ3v) is 7.64. The quantitative estimate of drug-likeness (QED) is 0.291. The van der Waals surface area contributed by atoms with Crippen molar-refractivity contribution in [3.63, 3.8) is 0 Å². The number of nitrogens with zero attached hydrogens (tertiary/aromatic N) is 3. The Morgan fingerprint density at radius 3 is 2.33 bits per heavy atom. The molecule has 1 aliphatic carbocycles. The molecule has 1 aromatic carbocycles. The summed E-state index contributed by atoms with van der Waals surface area (Å²) >= 11 is 0. The summed E-state index contributed by atoms with van der Waals surface area (Å²) in [7, 11) is 0. The molecule has 0 fully saturated rings. The Balaban J connectivity index is 1.98. The van der Waals surface area contributed by atoms with Crippen LogP contribution in [0.3, 0.4) is 0 Å². The highest BCUT2D eigenvalue weighted by Gasteiger charge is 2.48. The van der Waals surface area contributed by atoms with E-state index in [1.54, 1.807) is 36.4 Å². The molecule has 0 bridgehead atoms. The van der Waals surface area contributed by atoms with Gasteiger partial charge in [0.25, 0.3) is 0 Å². The first-order valence-corrected chi connectivity index (χ1v) is 14.7. The van der Waals surface area contributed by atoms with Crippen molar-refractivity contribution in [2.45, 2.75) is 72.4 Å². The number of primary amides is 1. The number of carbonyl (C=O) groups excluding carboxylic acids is 2. The molecule has 10 heteroatoms. The van der Waals surface area contributed by atoms with Gasteiger partial charge in [-0.05, 0) is 56.7 Å². The summed E-state index contributed by atoms with van der Waals surface area (Å²) in [5, 5.41) is 14.8. The summed E-state index contributed by atoms with van der Waals surface area (Å²) in [5.74, 6) is -3.34. The molecule has 3 atom stereocenters. The number of aliphatic hydroxyl groups excluding tert-OH is 1. The average Bonchev–Trinajstić information content (AvgIpc) is 2.94. The van der Waals surface area contributed by atoms with Gasteiger partial charge in [0.15, 0.2) is 0 Å². The highest BCUT2D eigenvalue weighted by molar-refractivity contribution is 5.96. The second-order valence-corrected chi connectivity index (χ2v) is 11.1. The van der Waals surface area contributed by atoms with E-state index in [2.05, 4.69) is 15.3 Å². The number of aryl methyl sites for hydroxylation is 1. The zero-order valence-electron chi connectivity index (χ0n) is 25.0. The van der Waals surface area contributed by atoms with Gasteiger partial charge >= 0.3 is 0 Å². The van der Waals surface area contributed by atoms with Crippen molar-refractivity contribution in [1.29, 1.82) is 0 Å². The fourth-order valence-electron chi connectivity index (χ4n) is 5.76. The van der Waals surface area contributed by atoms with Gasteiger partial charge in [0.1, 0.15) is 11.6 Å². The minimum absolute atomic E-state index is 0.0349. The van der Waals surface area contributed by atoms with Gasteiger partial charge in [-0.2, -0.15) is 0 Å². The molecule has 2 aromatic rings. The highest BCUT2D eigenvalue weighted by atomic mass is 19.1. The summed E-state index contributed by atoms with van der Waals surface area (Å²) in [6, 6.07) is 3.14. The lowest BCUT2D eigenvalue weighted by Gasteiger charge is -2.42. The molecule has 3 rings (SSSR count). The van der Waals surface area contributed by atoms with Gasteiger partial charge in [0.2, 0.25) is 11.8 Å². The second-order valence-electron chi connectivity index (χ2n) is 11.1. The number of allylic oxidation sites excluding steroid dienone is 2. The second kappa shape index (κ2) is 15.1. The summed E-state index contributed by atoms with van der Waals surface area (Å²) in [6.45, 7) is 9.21. The number of aliphatic hydroxyl groups is 1. The number of nitrogens with one attached hydrogen (secondary N) is 1. The Kier molecular flexibility index (Phi) is 11.9. The van der Waals surface area contributed by atoms with Crippen molar-refractivity contribution in [2.24, 2.45) is 17.1 Å². The summed E-state index contributed by atoms with van der Waals surface area (Å²) in [6.07, 6.45) is 7.78. The van der Waals surface area contributed by atoms with Gasteiger partial charge in [-0.15, -0.1) is 0 Å². The molecule has 42 heavy (non-hydrogen) atoms. The monoisotopic (exact) mass is 583 g/mol. The van der Waals surface area contributed by atoms with Crippen LogP contribution in [0.4, 0.5) is 8.78 Å². The Morgan fingerprint density at radius 1 is 1.10 bits per heavy atom. The molecule has 0 radical (unpaired) electrons. The molecule has 228 valence electrons. The molecule has 1 aromatic heterocycles. The van der Waals surface area contributed by atoms with E-state index < -0.39 is 35.0 Å². The first-order chi connectivity index (χ1) is 20.0. The number of rotatable bonds is 15. The normalized spacial score (nSPS) is 18.2. The minimum atomic E-state index is -1.49. The fraction of sp³-hybridized carbons (Fsp3) is 0.500. The van der Waals surface area contributed by atoms with E-state index in [1.165, 1.54) is 12.1 Å². The molecule has 1 aliphatic rings. The number of carbonyl (C=O) groups is 2. The molecule has 1 unspecified atom stereocenters. The molecule has 1 heterocycles. The van der Waals surface area contributed by atoms with Gasteiger partial charge in [0.05, 0.1) is 22.9 Å².